The van der Waals surface area contributed by atoms with Crippen molar-refractivity contribution in [1.82, 2.24) is 0 Å². The van der Waals surface area contributed by atoms with Gasteiger partial charge in [-0.1, -0.05) is 6.08 Å². The lowest BCUT2D eigenvalue weighted by Gasteiger charge is -2.12. The van der Waals surface area contributed by atoms with Gasteiger partial charge >= 0.3 is 0 Å². The van der Waals surface area contributed by atoms with Crippen LogP contribution in [0.25, 0.3) is 0 Å². The predicted octanol–water partition coefficient (Wildman–Crippen LogP) is 3.99. The number of hydrogen-bond acceptors (Lipinski definition) is 2. The molecule has 0 aromatic heterocycles. The van der Waals surface area contributed by atoms with Gasteiger partial charge in [-0.15, -0.1) is 19.0 Å². The zero-order valence-electron chi connectivity index (χ0n) is 8.62. The topological polar surface area (TPSA) is 46.2 Å². The molecule has 0 saturated heterocycles. The second kappa shape index (κ2) is 7.73. The molecule has 1 atom stereocenters. The van der Waals surface area contributed by atoms with Crippen molar-refractivity contribution in [2.75, 3.05) is 0 Å². The Morgan fingerprint density at radius 3 is 2.31 bits per heavy atom. The Balaban J connectivity index is 0.00000225. The van der Waals surface area contributed by atoms with Crippen molar-refractivity contribution < 1.29 is 5.11 Å². The minimum Gasteiger partial charge on any atom is -0.506 e. The van der Waals surface area contributed by atoms with Crippen molar-refractivity contribution in [1.29, 1.82) is 0 Å². The Morgan fingerprint density at radius 1 is 1.38 bits per heavy atom. The van der Waals surface area contributed by atoms with Crippen LogP contribution in [0.2, 0.25) is 0 Å². The van der Waals surface area contributed by atoms with E-state index in [0.717, 1.165) is 25.5 Å². The van der Waals surface area contributed by atoms with Crippen LogP contribution in [-0.2, 0) is 0 Å². The maximum atomic E-state index is 9.62. The Hall–Kier alpha value is 0.470. The number of aromatic hydroxyl groups is 1. The molecule has 0 spiro atoms. The summed E-state index contributed by atoms with van der Waals surface area (Å²) < 4.78 is 1.70. The molecule has 0 saturated carbocycles. The van der Waals surface area contributed by atoms with Crippen LogP contribution >= 0.6 is 57.6 Å². The lowest BCUT2D eigenvalue weighted by Crippen LogP contribution is -2.10. The van der Waals surface area contributed by atoms with Crippen molar-refractivity contribution in [3.63, 3.8) is 0 Å². The number of nitrogens with two attached hydrogens (primary N) is 1. The van der Waals surface area contributed by atoms with Gasteiger partial charge in [-0.25, -0.2) is 0 Å². The van der Waals surface area contributed by atoms with Gasteiger partial charge in [-0.05, 0) is 75.7 Å². The van der Waals surface area contributed by atoms with E-state index in [9.17, 15) is 5.11 Å². The minimum absolute atomic E-state index is 0. The number of phenolic OH excluding ortho intramolecular Hbond substituents is 1. The van der Waals surface area contributed by atoms with E-state index in [4.69, 9.17) is 5.73 Å². The first-order valence-electron chi connectivity index (χ1n) is 4.60. The highest BCUT2D eigenvalue weighted by molar-refractivity contribution is 14.1. The Kier molecular flexibility index (Phi) is 7.96. The van der Waals surface area contributed by atoms with Crippen LogP contribution in [0.3, 0.4) is 0 Å². The van der Waals surface area contributed by atoms with Gasteiger partial charge in [0.25, 0.3) is 0 Å². The zero-order chi connectivity index (χ0) is 11.4. The molecule has 0 fully saturated rings. The third kappa shape index (κ3) is 4.38. The quantitative estimate of drug-likeness (QED) is 0.522. The molecule has 1 aromatic carbocycles. The van der Waals surface area contributed by atoms with E-state index < -0.39 is 0 Å². The molecule has 1 aromatic rings. The average molecular weight is 466 g/mol. The van der Waals surface area contributed by atoms with E-state index >= 15 is 0 Å². The average Bonchev–Trinajstić information content (AvgIpc) is 2.21. The van der Waals surface area contributed by atoms with E-state index in [0.29, 0.717) is 5.75 Å². The summed E-state index contributed by atoms with van der Waals surface area (Å²) >= 11 is 4.23. The zero-order valence-corrected chi connectivity index (χ0v) is 13.8. The fraction of sp³-hybridized carbons (Fsp3) is 0.273. The van der Waals surface area contributed by atoms with Crippen LogP contribution in [0.4, 0.5) is 0 Å². The molecule has 0 bridgehead atoms. The molecule has 5 heteroatoms. The lowest BCUT2D eigenvalue weighted by molar-refractivity contribution is 0.467. The molecule has 16 heavy (non-hydrogen) atoms. The highest BCUT2D eigenvalue weighted by atomic mass is 127. The molecule has 0 heterocycles. The minimum atomic E-state index is 0. The van der Waals surface area contributed by atoms with Gasteiger partial charge < -0.3 is 10.8 Å². The number of allylic oxidation sites excluding steroid dienone is 1. The summed E-state index contributed by atoms with van der Waals surface area (Å²) in [5.41, 5.74) is 7.11. The fourth-order valence-corrected chi connectivity index (χ4v) is 3.08. The van der Waals surface area contributed by atoms with Gasteiger partial charge in [-0.3, -0.25) is 0 Å². The molecule has 0 aliphatic carbocycles. The first-order valence-corrected chi connectivity index (χ1v) is 6.76. The van der Waals surface area contributed by atoms with Crippen LogP contribution in [0.15, 0.2) is 24.8 Å². The largest absolute Gasteiger partial charge is 0.506 e. The van der Waals surface area contributed by atoms with E-state index in [1.165, 1.54) is 0 Å². The molecule has 2 nitrogen and oxygen atoms in total. The summed E-state index contributed by atoms with van der Waals surface area (Å²) in [6, 6.07) is 3.89. The van der Waals surface area contributed by atoms with Gasteiger partial charge in [0.15, 0.2) is 0 Å². The van der Waals surface area contributed by atoms with Crippen LogP contribution < -0.4 is 5.73 Å². The SMILES string of the molecule is C=CCC[C@@H](N)c1cc(I)c(O)c(I)c1.Cl. The van der Waals surface area contributed by atoms with Crippen molar-refractivity contribution in [2.45, 2.75) is 18.9 Å². The summed E-state index contributed by atoms with van der Waals surface area (Å²) in [6.45, 7) is 3.68. The van der Waals surface area contributed by atoms with Crippen molar-refractivity contribution in [3.8, 4) is 5.75 Å². The summed E-state index contributed by atoms with van der Waals surface area (Å²) in [4.78, 5) is 0. The monoisotopic (exact) mass is 465 g/mol. The third-order valence-corrected chi connectivity index (χ3v) is 3.79. The second-order valence-electron chi connectivity index (χ2n) is 3.31. The molecule has 1 rings (SSSR count). The summed E-state index contributed by atoms with van der Waals surface area (Å²) in [5, 5.41) is 9.62. The first-order chi connectivity index (χ1) is 7.06. The molecule has 0 unspecified atom stereocenters. The van der Waals surface area contributed by atoms with Gasteiger partial charge in [0, 0.05) is 6.04 Å². The van der Waals surface area contributed by atoms with E-state index in [-0.39, 0.29) is 18.4 Å². The van der Waals surface area contributed by atoms with Gasteiger partial charge in [0.2, 0.25) is 0 Å². The number of benzene rings is 1. The maximum absolute atomic E-state index is 9.62. The van der Waals surface area contributed by atoms with Crippen LogP contribution in [0, 0.1) is 7.14 Å². The van der Waals surface area contributed by atoms with Crippen LogP contribution in [0.5, 0.6) is 5.75 Å². The normalized spacial score (nSPS) is 11.7. The number of hydrogen-bond donors (Lipinski definition) is 2. The summed E-state index contributed by atoms with van der Waals surface area (Å²) in [5.74, 6) is 0.343. The summed E-state index contributed by atoms with van der Waals surface area (Å²) in [6.07, 6.45) is 3.67. The number of phenols is 1. The molecule has 0 aliphatic rings. The Bertz CT molecular complexity index is 348. The van der Waals surface area contributed by atoms with Crippen molar-refractivity contribution in [2.24, 2.45) is 5.73 Å². The first kappa shape index (κ1) is 16.5. The van der Waals surface area contributed by atoms with Crippen LogP contribution in [0.1, 0.15) is 24.4 Å². The van der Waals surface area contributed by atoms with Gasteiger partial charge in [0.05, 0.1) is 7.14 Å². The number of halogens is 3. The highest BCUT2D eigenvalue weighted by Crippen LogP contribution is 2.30. The van der Waals surface area contributed by atoms with Gasteiger partial charge in [-0.2, -0.15) is 0 Å². The Morgan fingerprint density at radius 2 is 1.88 bits per heavy atom. The molecule has 0 amide bonds. The third-order valence-electron chi connectivity index (χ3n) is 2.15. The Labute approximate surface area is 129 Å². The maximum Gasteiger partial charge on any atom is 0.142 e. The molecule has 0 aliphatic heterocycles. The molecular formula is C11H14ClI2NO. The van der Waals surface area contributed by atoms with Crippen molar-refractivity contribution in [3.05, 3.63) is 37.5 Å². The van der Waals surface area contributed by atoms with Crippen molar-refractivity contribution >= 4 is 57.6 Å². The number of rotatable bonds is 4. The van der Waals surface area contributed by atoms with Crippen LogP contribution in [-0.4, -0.2) is 5.11 Å². The predicted molar refractivity (Wildman–Crippen MR) is 87.1 cm³/mol. The summed E-state index contributed by atoms with van der Waals surface area (Å²) in [7, 11) is 0. The standard InChI is InChI=1S/C11H13I2NO.ClH/c1-2-3-4-10(14)7-5-8(12)11(15)9(13)6-7;/h2,5-6,10,15H,1,3-4,14H2;1H/t10-;/m1./s1. The van der Waals surface area contributed by atoms with Gasteiger partial charge in [0.1, 0.15) is 5.75 Å². The van der Waals surface area contributed by atoms with E-state index in [1.807, 2.05) is 18.2 Å². The second-order valence-corrected chi connectivity index (χ2v) is 5.63. The van der Waals surface area contributed by atoms with E-state index in [2.05, 4.69) is 51.8 Å². The highest BCUT2D eigenvalue weighted by Gasteiger charge is 2.10. The molecule has 0 radical (unpaired) electrons. The smallest absolute Gasteiger partial charge is 0.142 e. The molecule has 90 valence electrons. The lowest BCUT2D eigenvalue weighted by atomic mass is 10.0. The molecule has 3 N–H and O–H groups in total. The fourth-order valence-electron chi connectivity index (χ4n) is 1.26. The van der Waals surface area contributed by atoms with E-state index in [1.54, 1.807) is 0 Å². The molecular weight excluding hydrogens is 451 g/mol.